The topological polar surface area (TPSA) is 72.0 Å². The van der Waals surface area contributed by atoms with E-state index in [0.717, 1.165) is 22.4 Å². The Morgan fingerprint density at radius 2 is 2.05 bits per heavy atom. The van der Waals surface area contributed by atoms with Crippen molar-refractivity contribution in [3.8, 4) is 5.75 Å². The summed E-state index contributed by atoms with van der Waals surface area (Å²) in [5, 5.41) is 7.44. The predicted molar refractivity (Wildman–Crippen MR) is 75.5 cm³/mol. The van der Waals surface area contributed by atoms with Crippen LogP contribution in [0.4, 0.5) is 0 Å². The summed E-state index contributed by atoms with van der Waals surface area (Å²) in [7, 11) is 0. The molecule has 0 atom stereocenters. The second-order valence-electron chi connectivity index (χ2n) is 4.55. The van der Waals surface area contributed by atoms with Crippen molar-refractivity contribution in [2.75, 3.05) is 0 Å². The Morgan fingerprint density at radius 1 is 1.26 bits per heavy atom. The average molecular weight is 255 g/mol. The molecule has 1 aromatic carbocycles. The van der Waals surface area contributed by atoms with Gasteiger partial charge in [0.1, 0.15) is 18.2 Å². The third kappa shape index (κ3) is 3.31. The highest BCUT2D eigenvalue weighted by atomic mass is 16.5. The van der Waals surface area contributed by atoms with Gasteiger partial charge in [-0.3, -0.25) is 10.4 Å². The van der Waals surface area contributed by atoms with Crippen molar-refractivity contribution in [1.82, 2.24) is 4.98 Å². The molecule has 0 aliphatic rings. The van der Waals surface area contributed by atoms with Crippen molar-refractivity contribution >= 4 is 5.84 Å². The molecule has 0 aliphatic carbocycles. The minimum Gasteiger partial charge on any atom is -0.489 e. The van der Waals surface area contributed by atoms with Gasteiger partial charge in [0.15, 0.2) is 0 Å². The van der Waals surface area contributed by atoms with E-state index >= 15 is 0 Å². The lowest BCUT2D eigenvalue weighted by Gasteiger charge is -2.11. The van der Waals surface area contributed by atoms with Crippen LogP contribution >= 0.6 is 0 Å². The van der Waals surface area contributed by atoms with Crippen LogP contribution in [0.15, 0.2) is 36.7 Å². The Balaban J connectivity index is 2.15. The number of ether oxygens (including phenoxy) is 1. The summed E-state index contributed by atoms with van der Waals surface area (Å²) in [6.07, 6.45) is 3.60. The lowest BCUT2D eigenvalue weighted by Crippen LogP contribution is -2.11. The second kappa shape index (κ2) is 5.52. The Bertz CT molecular complexity index is 608. The molecule has 4 heteroatoms. The van der Waals surface area contributed by atoms with Crippen LogP contribution in [0.25, 0.3) is 0 Å². The van der Waals surface area contributed by atoms with E-state index in [2.05, 4.69) is 4.98 Å². The third-order valence-corrected chi connectivity index (χ3v) is 2.83. The molecular formula is C15H17N3O. The number of aromatic nitrogens is 1. The van der Waals surface area contributed by atoms with Gasteiger partial charge < -0.3 is 10.5 Å². The summed E-state index contributed by atoms with van der Waals surface area (Å²) < 4.78 is 5.78. The lowest BCUT2D eigenvalue weighted by atomic mass is 10.1. The van der Waals surface area contributed by atoms with Crippen LogP contribution in [0.5, 0.6) is 5.75 Å². The molecule has 98 valence electrons. The lowest BCUT2D eigenvalue weighted by molar-refractivity contribution is 0.303. The first-order valence-corrected chi connectivity index (χ1v) is 6.04. The number of pyridine rings is 1. The molecule has 0 unspecified atom stereocenters. The van der Waals surface area contributed by atoms with Gasteiger partial charge in [-0.15, -0.1) is 0 Å². The van der Waals surface area contributed by atoms with Crippen molar-refractivity contribution in [3.63, 3.8) is 0 Å². The van der Waals surface area contributed by atoms with Gasteiger partial charge in [0, 0.05) is 23.5 Å². The van der Waals surface area contributed by atoms with Crippen molar-refractivity contribution in [2.45, 2.75) is 20.5 Å². The number of aryl methyl sites for hydroxylation is 2. The molecule has 0 saturated heterocycles. The van der Waals surface area contributed by atoms with E-state index < -0.39 is 0 Å². The average Bonchev–Trinajstić information content (AvgIpc) is 2.37. The SMILES string of the molecule is Cc1cncc(COc2cc(C(=N)N)ccc2C)c1. The molecule has 0 fully saturated rings. The molecule has 1 aromatic heterocycles. The first-order chi connectivity index (χ1) is 9.06. The fraction of sp³-hybridized carbons (Fsp3) is 0.200. The van der Waals surface area contributed by atoms with E-state index in [1.54, 1.807) is 12.3 Å². The molecule has 2 rings (SSSR count). The summed E-state index contributed by atoms with van der Waals surface area (Å²) in [5.74, 6) is 0.788. The van der Waals surface area contributed by atoms with Crippen LogP contribution in [0.1, 0.15) is 22.3 Å². The zero-order chi connectivity index (χ0) is 13.8. The minimum atomic E-state index is 0.0436. The number of nitrogens with two attached hydrogens (primary N) is 1. The summed E-state index contributed by atoms with van der Waals surface area (Å²) in [6.45, 7) is 4.42. The maximum atomic E-state index is 7.44. The van der Waals surface area contributed by atoms with Crippen molar-refractivity contribution in [2.24, 2.45) is 5.73 Å². The second-order valence-corrected chi connectivity index (χ2v) is 4.55. The Kier molecular flexibility index (Phi) is 3.80. The van der Waals surface area contributed by atoms with E-state index in [1.807, 2.05) is 38.2 Å². The summed E-state index contributed by atoms with van der Waals surface area (Å²) >= 11 is 0. The largest absolute Gasteiger partial charge is 0.489 e. The highest BCUT2D eigenvalue weighted by molar-refractivity contribution is 5.95. The van der Waals surface area contributed by atoms with Crippen molar-refractivity contribution < 1.29 is 4.74 Å². The number of amidine groups is 1. The molecule has 0 saturated carbocycles. The van der Waals surface area contributed by atoms with Gasteiger partial charge in [-0.25, -0.2) is 0 Å². The molecule has 1 heterocycles. The standard InChI is InChI=1S/C15H17N3O/c1-10-5-12(8-18-7-10)9-19-14-6-13(15(16)17)4-3-11(14)2/h3-8H,9H2,1-2H3,(H3,16,17). The van der Waals surface area contributed by atoms with E-state index in [0.29, 0.717) is 12.2 Å². The van der Waals surface area contributed by atoms with Gasteiger partial charge in [-0.1, -0.05) is 12.1 Å². The first kappa shape index (κ1) is 13.1. The minimum absolute atomic E-state index is 0.0436. The van der Waals surface area contributed by atoms with Crippen LogP contribution in [-0.4, -0.2) is 10.8 Å². The van der Waals surface area contributed by atoms with Gasteiger partial charge in [0.25, 0.3) is 0 Å². The number of hydrogen-bond acceptors (Lipinski definition) is 3. The summed E-state index contributed by atoms with van der Waals surface area (Å²) in [4.78, 5) is 4.13. The zero-order valence-electron chi connectivity index (χ0n) is 11.1. The fourth-order valence-electron chi connectivity index (χ4n) is 1.78. The summed E-state index contributed by atoms with van der Waals surface area (Å²) in [6, 6.07) is 7.55. The zero-order valence-corrected chi connectivity index (χ0v) is 11.1. The molecule has 0 radical (unpaired) electrons. The van der Waals surface area contributed by atoms with Crippen LogP contribution < -0.4 is 10.5 Å². The monoisotopic (exact) mass is 255 g/mol. The van der Waals surface area contributed by atoms with Gasteiger partial charge in [0.05, 0.1) is 0 Å². The number of hydrogen-bond donors (Lipinski definition) is 2. The van der Waals surface area contributed by atoms with Crippen LogP contribution in [-0.2, 0) is 6.61 Å². The van der Waals surface area contributed by atoms with Gasteiger partial charge in [-0.2, -0.15) is 0 Å². The first-order valence-electron chi connectivity index (χ1n) is 6.04. The Labute approximate surface area is 112 Å². The highest BCUT2D eigenvalue weighted by Gasteiger charge is 2.04. The van der Waals surface area contributed by atoms with E-state index in [-0.39, 0.29) is 5.84 Å². The third-order valence-electron chi connectivity index (χ3n) is 2.83. The van der Waals surface area contributed by atoms with Gasteiger partial charge in [0.2, 0.25) is 0 Å². The molecule has 2 aromatic rings. The van der Waals surface area contributed by atoms with Crippen LogP contribution in [0, 0.1) is 19.3 Å². The van der Waals surface area contributed by atoms with E-state index in [4.69, 9.17) is 15.9 Å². The van der Waals surface area contributed by atoms with Crippen molar-refractivity contribution in [1.29, 1.82) is 5.41 Å². The highest BCUT2D eigenvalue weighted by Crippen LogP contribution is 2.20. The molecule has 19 heavy (non-hydrogen) atoms. The van der Waals surface area contributed by atoms with E-state index in [1.165, 1.54) is 0 Å². The number of nitrogens with one attached hydrogen (secondary N) is 1. The Morgan fingerprint density at radius 3 is 2.74 bits per heavy atom. The maximum absolute atomic E-state index is 7.44. The molecule has 0 amide bonds. The maximum Gasteiger partial charge on any atom is 0.123 e. The van der Waals surface area contributed by atoms with E-state index in [9.17, 15) is 0 Å². The summed E-state index contributed by atoms with van der Waals surface area (Å²) in [5.41, 5.74) is 9.29. The number of rotatable bonds is 4. The van der Waals surface area contributed by atoms with Crippen LogP contribution in [0.2, 0.25) is 0 Å². The molecule has 4 nitrogen and oxygen atoms in total. The number of benzene rings is 1. The van der Waals surface area contributed by atoms with Crippen molar-refractivity contribution in [3.05, 3.63) is 58.9 Å². The Hall–Kier alpha value is -2.36. The molecule has 0 bridgehead atoms. The van der Waals surface area contributed by atoms with Gasteiger partial charge >= 0.3 is 0 Å². The molecule has 0 spiro atoms. The predicted octanol–water partition coefficient (Wildman–Crippen LogP) is 2.56. The normalized spacial score (nSPS) is 10.2. The molecule has 0 aliphatic heterocycles. The number of nitrogens with zero attached hydrogens (tertiary/aromatic N) is 1. The number of nitrogen functional groups attached to an aromatic ring is 1. The quantitative estimate of drug-likeness (QED) is 0.651. The fourth-order valence-corrected chi connectivity index (χ4v) is 1.78. The smallest absolute Gasteiger partial charge is 0.123 e. The van der Waals surface area contributed by atoms with Crippen LogP contribution in [0.3, 0.4) is 0 Å². The van der Waals surface area contributed by atoms with Gasteiger partial charge in [-0.05, 0) is 37.1 Å². The molecular weight excluding hydrogens is 238 g/mol. The molecule has 3 N–H and O–H groups in total.